The van der Waals surface area contributed by atoms with Gasteiger partial charge in [-0.3, -0.25) is 24.0 Å². The maximum absolute atomic E-state index is 14.5. The number of hydrogen-bond donors (Lipinski definition) is 5. The molecule has 13 heteroatoms. The van der Waals surface area contributed by atoms with Gasteiger partial charge in [0.05, 0.1) is 6.54 Å². The molecule has 0 spiro atoms. The van der Waals surface area contributed by atoms with Gasteiger partial charge < -0.3 is 35.5 Å². The zero-order chi connectivity index (χ0) is 29.0. The summed E-state index contributed by atoms with van der Waals surface area (Å²) in [6.07, 6.45) is -3.46. The Labute approximate surface area is 210 Å². The van der Waals surface area contributed by atoms with E-state index in [0.29, 0.717) is 16.7 Å². The molecular formula is C23H39N3O10. The number of ketones is 3. The Hall–Kier alpha value is -2.74. The van der Waals surface area contributed by atoms with Gasteiger partial charge in [0.2, 0.25) is 11.4 Å². The van der Waals surface area contributed by atoms with Crippen LogP contribution in [0.2, 0.25) is 0 Å². The lowest BCUT2D eigenvalue weighted by molar-refractivity contribution is -0.180. The number of carbonyl (C=O) groups is 6. The first-order valence-corrected chi connectivity index (χ1v) is 11.4. The van der Waals surface area contributed by atoms with Crippen LogP contribution in [0.5, 0.6) is 0 Å². The number of aliphatic hydroxyl groups is 3. The summed E-state index contributed by atoms with van der Waals surface area (Å²) >= 11 is 0. The van der Waals surface area contributed by atoms with Crippen molar-refractivity contribution in [2.45, 2.75) is 76.9 Å². The molecule has 5 N–H and O–H groups in total. The summed E-state index contributed by atoms with van der Waals surface area (Å²) in [5.74, 6) is -9.46. The van der Waals surface area contributed by atoms with Crippen molar-refractivity contribution in [1.82, 2.24) is 15.1 Å². The first kappa shape index (κ1) is 33.3. The van der Waals surface area contributed by atoms with Crippen molar-refractivity contribution in [2.24, 2.45) is 5.92 Å². The molecule has 0 radical (unpaired) electrons. The SMILES string of the molecule is CC[C@@H](C)[C@](C(=O)[C@](C)(O)C(=O)O)(C(=O)[C@@](C)(C(=O)CNC)N(C)C(=O)[C@@H](C)O)N(C)C(=O)[C@@H](C)O. The largest absolute Gasteiger partial charge is 0.479 e. The van der Waals surface area contributed by atoms with Gasteiger partial charge in [0.15, 0.2) is 22.6 Å². The first-order chi connectivity index (χ1) is 16.2. The van der Waals surface area contributed by atoms with Crippen LogP contribution < -0.4 is 5.32 Å². The van der Waals surface area contributed by atoms with Crippen molar-refractivity contribution in [2.75, 3.05) is 27.7 Å². The fourth-order valence-electron chi connectivity index (χ4n) is 4.07. The summed E-state index contributed by atoms with van der Waals surface area (Å²) in [4.78, 5) is 80.5. The number of aliphatic hydroxyl groups excluding tert-OH is 2. The molecule has 0 aromatic carbocycles. The predicted molar refractivity (Wildman–Crippen MR) is 127 cm³/mol. The molecular weight excluding hydrogens is 478 g/mol. The Morgan fingerprint density at radius 3 is 1.61 bits per heavy atom. The highest BCUT2D eigenvalue weighted by Crippen LogP contribution is 2.39. The number of carboxylic acids is 1. The molecule has 2 amide bonds. The van der Waals surface area contributed by atoms with Gasteiger partial charge in [0.1, 0.15) is 12.2 Å². The summed E-state index contributed by atoms with van der Waals surface area (Å²) in [5.41, 5.74) is -8.58. The van der Waals surface area contributed by atoms with Crippen LogP contribution in [0.3, 0.4) is 0 Å². The van der Waals surface area contributed by atoms with Gasteiger partial charge in [-0.05, 0) is 40.7 Å². The molecule has 6 atom stereocenters. The van der Waals surface area contributed by atoms with Gasteiger partial charge in [-0.2, -0.15) is 0 Å². The Kier molecular flexibility index (Phi) is 11.1. The summed E-state index contributed by atoms with van der Waals surface area (Å²) < 4.78 is 0. The number of carboxylic acid groups (broad SMARTS) is 1. The van der Waals surface area contributed by atoms with E-state index in [2.05, 4.69) is 5.32 Å². The van der Waals surface area contributed by atoms with Crippen LogP contribution >= 0.6 is 0 Å². The van der Waals surface area contributed by atoms with E-state index in [1.54, 1.807) is 0 Å². The second kappa shape index (κ2) is 12.0. The van der Waals surface area contributed by atoms with Crippen molar-refractivity contribution in [3.05, 3.63) is 0 Å². The summed E-state index contributed by atoms with van der Waals surface area (Å²) in [6.45, 7) is 6.15. The lowest BCUT2D eigenvalue weighted by Crippen LogP contribution is -2.77. The quantitative estimate of drug-likeness (QED) is 0.159. The fourth-order valence-corrected chi connectivity index (χ4v) is 4.07. The fraction of sp³-hybridized carbons (Fsp3) is 0.739. The Bertz CT molecular complexity index is 901. The average Bonchev–Trinajstić information content (AvgIpc) is 2.81. The number of hydrogen-bond acceptors (Lipinski definition) is 10. The average molecular weight is 518 g/mol. The summed E-state index contributed by atoms with van der Waals surface area (Å²) in [6, 6.07) is 0. The minimum atomic E-state index is -3.22. The molecule has 0 unspecified atom stereocenters. The Morgan fingerprint density at radius 2 is 1.28 bits per heavy atom. The third kappa shape index (κ3) is 5.48. The highest BCUT2D eigenvalue weighted by molar-refractivity contribution is 6.29. The van der Waals surface area contributed by atoms with Gasteiger partial charge >= 0.3 is 5.97 Å². The van der Waals surface area contributed by atoms with Crippen molar-refractivity contribution in [3.63, 3.8) is 0 Å². The minimum Gasteiger partial charge on any atom is -0.479 e. The zero-order valence-corrected chi connectivity index (χ0v) is 22.3. The zero-order valence-electron chi connectivity index (χ0n) is 22.3. The maximum Gasteiger partial charge on any atom is 0.343 e. The molecule has 0 aromatic rings. The number of nitrogens with one attached hydrogen (secondary N) is 1. The second-order valence-electron chi connectivity index (χ2n) is 9.28. The lowest BCUT2D eigenvalue weighted by Gasteiger charge is -2.50. The number of amides is 2. The molecule has 0 aliphatic heterocycles. The predicted octanol–water partition coefficient (Wildman–Crippen LogP) is -2.03. The molecule has 0 rings (SSSR count). The van der Waals surface area contributed by atoms with E-state index in [0.717, 1.165) is 34.9 Å². The van der Waals surface area contributed by atoms with E-state index in [4.69, 9.17) is 0 Å². The number of carbonyl (C=O) groups excluding carboxylic acids is 5. The number of Topliss-reactive ketones (excluding diaryl/α,β-unsaturated/α-hetero) is 3. The van der Waals surface area contributed by atoms with Gasteiger partial charge in [0, 0.05) is 14.1 Å². The molecule has 0 bridgehead atoms. The molecule has 0 heterocycles. The number of aliphatic carboxylic acids is 1. The van der Waals surface area contributed by atoms with Gasteiger partial charge in [-0.25, -0.2) is 4.79 Å². The molecule has 0 fully saturated rings. The molecule has 0 aliphatic rings. The summed E-state index contributed by atoms with van der Waals surface area (Å²) in [7, 11) is 3.39. The van der Waals surface area contributed by atoms with Crippen LogP contribution in [0.4, 0.5) is 0 Å². The molecule has 36 heavy (non-hydrogen) atoms. The Morgan fingerprint density at radius 1 is 0.861 bits per heavy atom. The van der Waals surface area contributed by atoms with Gasteiger partial charge in [0.25, 0.3) is 11.8 Å². The summed E-state index contributed by atoms with van der Waals surface area (Å²) in [5, 5.41) is 42.7. The van der Waals surface area contributed by atoms with Gasteiger partial charge in [-0.15, -0.1) is 0 Å². The number of nitrogens with zero attached hydrogens (tertiary/aromatic N) is 2. The molecule has 0 aromatic heterocycles. The highest BCUT2D eigenvalue weighted by atomic mass is 16.4. The molecule has 0 saturated heterocycles. The normalized spacial score (nSPS) is 18.9. The van der Waals surface area contributed by atoms with Crippen LogP contribution in [0, 0.1) is 5.92 Å². The molecule has 0 saturated carbocycles. The second-order valence-corrected chi connectivity index (χ2v) is 9.28. The smallest absolute Gasteiger partial charge is 0.343 e. The van der Waals surface area contributed by atoms with Crippen LogP contribution in [0.1, 0.15) is 48.0 Å². The highest BCUT2D eigenvalue weighted by Gasteiger charge is 2.67. The standard InChI is InChI=1S/C23H39N3O10/c1-10-12(2)23(26(9)17(31)14(4)28,19(33)22(6,36)20(34)35)18(32)21(5,15(29)11-24-7)25(8)16(30)13(3)27/h12-14,24,27-28,36H,10-11H2,1-9H3,(H,34,35)/t12-,13-,14-,21-,22+,23-/m1/s1. The van der Waals surface area contributed by atoms with E-state index in [9.17, 15) is 49.2 Å². The first-order valence-electron chi connectivity index (χ1n) is 11.4. The topological polar surface area (TPSA) is 202 Å². The van der Waals surface area contributed by atoms with Crippen molar-refractivity contribution < 1.29 is 49.2 Å². The van der Waals surface area contributed by atoms with Crippen LogP contribution in [0.25, 0.3) is 0 Å². The minimum absolute atomic E-state index is 0.0328. The van der Waals surface area contributed by atoms with Crippen molar-refractivity contribution in [1.29, 1.82) is 0 Å². The van der Waals surface area contributed by atoms with Crippen LogP contribution in [0.15, 0.2) is 0 Å². The monoisotopic (exact) mass is 517 g/mol. The van der Waals surface area contributed by atoms with Crippen molar-refractivity contribution in [3.8, 4) is 0 Å². The number of likely N-dealkylation sites (N-methyl/N-ethyl adjacent to an activating group) is 3. The molecule has 13 nitrogen and oxygen atoms in total. The number of rotatable bonds is 14. The maximum atomic E-state index is 14.5. The van der Waals surface area contributed by atoms with Gasteiger partial charge in [-0.1, -0.05) is 20.3 Å². The Balaban J connectivity index is 7.88. The molecule has 0 aliphatic carbocycles. The van der Waals surface area contributed by atoms with E-state index in [1.165, 1.54) is 20.9 Å². The third-order valence-corrected chi connectivity index (χ3v) is 6.77. The van der Waals surface area contributed by atoms with E-state index >= 15 is 0 Å². The van der Waals surface area contributed by atoms with E-state index in [-0.39, 0.29) is 6.42 Å². The lowest BCUT2D eigenvalue weighted by atomic mass is 9.64. The van der Waals surface area contributed by atoms with Crippen LogP contribution in [-0.2, 0) is 28.8 Å². The van der Waals surface area contributed by atoms with E-state index < -0.39 is 76.5 Å². The van der Waals surface area contributed by atoms with Crippen LogP contribution in [-0.4, -0.2) is 122 Å². The third-order valence-electron chi connectivity index (χ3n) is 6.77. The molecule has 206 valence electrons. The van der Waals surface area contributed by atoms with E-state index in [1.807, 2.05) is 0 Å². The van der Waals surface area contributed by atoms with Crippen molar-refractivity contribution >= 4 is 35.1 Å².